The van der Waals surface area contributed by atoms with Crippen LogP contribution in [0.1, 0.15) is 11.1 Å². The molecule has 0 radical (unpaired) electrons. The smallest absolute Gasteiger partial charge is 0.130 e. The van der Waals surface area contributed by atoms with Gasteiger partial charge >= 0.3 is 0 Å². The van der Waals surface area contributed by atoms with E-state index in [1.165, 1.54) is 5.56 Å². The lowest BCUT2D eigenvalue weighted by Gasteiger charge is -2.09. The van der Waals surface area contributed by atoms with Crippen LogP contribution in [0.2, 0.25) is 0 Å². The zero-order valence-corrected chi connectivity index (χ0v) is 12.5. The predicted molar refractivity (Wildman–Crippen MR) is 89.5 cm³/mol. The molecule has 1 heterocycles. The van der Waals surface area contributed by atoms with E-state index >= 15 is 0 Å². The lowest BCUT2D eigenvalue weighted by molar-refractivity contribution is 0.306. The molecule has 0 atom stereocenters. The van der Waals surface area contributed by atoms with Gasteiger partial charge in [0.25, 0.3) is 0 Å². The summed E-state index contributed by atoms with van der Waals surface area (Å²) in [6.45, 7) is 2.63. The summed E-state index contributed by atoms with van der Waals surface area (Å²) in [5.41, 5.74) is 3.33. The number of hydrogen-bond donors (Lipinski definition) is 1. The van der Waals surface area contributed by atoms with Crippen LogP contribution in [0.5, 0.6) is 5.75 Å². The van der Waals surface area contributed by atoms with Crippen LogP contribution < -0.4 is 10.1 Å². The minimum Gasteiger partial charge on any atom is -0.489 e. The molecule has 3 rings (SSSR count). The third-order valence-electron chi connectivity index (χ3n) is 3.29. The zero-order chi connectivity index (χ0) is 15.2. The van der Waals surface area contributed by atoms with Crippen LogP contribution in [0.25, 0.3) is 0 Å². The third-order valence-corrected chi connectivity index (χ3v) is 3.29. The molecule has 0 spiro atoms. The molecule has 22 heavy (non-hydrogen) atoms. The summed E-state index contributed by atoms with van der Waals surface area (Å²) in [6, 6.07) is 22.0. The quantitative estimate of drug-likeness (QED) is 0.738. The molecule has 0 bridgehead atoms. The van der Waals surface area contributed by atoms with Crippen molar-refractivity contribution in [3.05, 3.63) is 84.1 Å². The number of pyridine rings is 1. The van der Waals surface area contributed by atoms with E-state index in [-0.39, 0.29) is 0 Å². The molecule has 0 unspecified atom stereocenters. The first-order valence-corrected chi connectivity index (χ1v) is 7.26. The molecule has 0 aliphatic carbocycles. The van der Waals surface area contributed by atoms with Crippen LogP contribution in [0, 0.1) is 6.92 Å². The van der Waals surface area contributed by atoms with Gasteiger partial charge in [-0.1, -0.05) is 30.3 Å². The number of aromatic nitrogens is 1. The molecule has 1 N–H and O–H groups in total. The van der Waals surface area contributed by atoms with Gasteiger partial charge in [-0.25, -0.2) is 4.98 Å². The monoisotopic (exact) mass is 290 g/mol. The summed E-state index contributed by atoms with van der Waals surface area (Å²) in [6.07, 6.45) is 1.80. The first-order valence-electron chi connectivity index (χ1n) is 7.26. The van der Waals surface area contributed by atoms with E-state index in [2.05, 4.69) is 22.4 Å². The predicted octanol–water partition coefficient (Wildman–Crippen LogP) is 4.71. The van der Waals surface area contributed by atoms with Crippen molar-refractivity contribution in [2.24, 2.45) is 0 Å². The van der Waals surface area contributed by atoms with Crippen molar-refractivity contribution in [1.29, 1.82) is 0 Å². The summed E-state index contributed by atoms with van der Waals surface area (Å²) in [5, 5.41) is 3.28. The van der Waals surface area contributed by atoms with Gasteiger partial charge in [0, 0.05) is 11.9 Å². The largest absolute Gasteiger partial charge is 0.489 e. The lowest BCUT2D eigenvalue weighted by Crippen LogP contribution is -1.96. The highest BCUT2D eigenvalue weighted by molar-refractivity contribution is 5.57. The number of benzene rings is 2. The van der Waals surface area contributed by atoms with Crippen molar-refractivity contribution in [3.8, 4) is 5.75 Å². The fourth-order valence-corrected chi connectivity index (χ4v) is 2.13. The van der Waals surface area contributed by atoms with Crippen LogP contribution in [-0.2, 0) is 6.61 Å². The zero-order valence-electron chi connectivity index (χ0n) is 12.5. The first kappa shape index (κ1) is 14.1. The second-order valence-corrected chi connectivity index (χ2v) is 5.14. The molecule has 0 aliphatic heterocycles. The summed E-state index contributed by atoms with van der Waals surface area (Å²) in [4.78, 5) is 4.29. The van der Waals surface area contributed by atoms with E-state index in [4.69, 9.17) is 4.74 Å². The summed E-state index contributed by atoms with van der Waals surface area (Å²) < 4.78 is 5.77. The van der Waals surface area contributed by atoms with Gasteiger partial charge in [-0.3, -0.25) is 0 Å². The number of hydrogen-bond acceptors (Lipinski definition) is 3. The molecule has 0 fully saturated rings. The van der Waals surface area contributed by atoms with Gasteiger partial charge in [0.05, 0.1) is 0 Å². The fourth-order valence-electron chi connectivity index (χ4n) is 2.13. The normalized spacial score (nSPS) is 10.2. The van der Waals surface area contributed by atoms with Crippen molar-refractivity contribution >= 4 is 11.5 Å². The first-order chi connectivity index (χ1) is 10.8. The Morgan fingerprint density at radius 2 is 1.73 bits per heavy atom. The number of ether oxygens (including phenoxy) is 1. The highest BCUT2D eigenvalue weighted by Gasteiger charge is 1.99. The Morgan fingerprint density at radius 1 is 0.955 bits per heavy atom. The molecule has 0 aliphatic rings. The van der Waals surface area contributed by atoms with Crippen LogP contribution in [0.3, 0.4) is 0 Å². The standard InChI is InChI=1S/C19H18N2O/c1-15-11-12-20-19(13-15)21-17-7-9-18(10-8-17)22-14-16-5-3-2-4-6-16/h2-13H,14H2,1H3,(H,20,21). The van der Waals surface area contributed by atoms with Crippen molar-refractivity contribution in [2.75, 3.05) is 5.32 Å². The Kier molecular flexibility index (Phi) is 4.35. The van der Waals surface area contributed by atoms with Gasteiger partial charge < -0.3 is 10.1 Å². The molecule has 0 saturated heterocycles. The van der Waals surface area contributed by atoms with E-state index in [0.717, 1.165) is 22.8 Å². The Bertz CT molecular complexity index is 724. The Balaban J connectivity index is 1.60. The fraction of sp³-hybridized carbons (Fsp3) is 0.105. The summed E-state index contributed by atoms with van der Waals surface area (Å²) >= 11 is 0. The molecule has 3 aromatic rings. The number of nitrogens with one attached hydrogen (secondary N) is 1. The molecule has 0 saturated carbocycles. The number of nitrogens with zero attached hydrogens (tertiary/aromatic N) is 1. The Morgan fingerprint density at radius 3 is 2.45 bits per heavy atom. The van der Waals surface area contributed by atoms with Crippen LogP contribution >= 0.6 is 0 Å². The topological polar surface area (TPSA) is 34.2 Å². The number of anilines is 2. The Labute approximate surface area is 130 Å². The van der Waals surface area contributed by atoms with Gasteiger partial charge in [0.1, 0.15) is 18.2 Å². The third kappa shape index (κ3) is 3.85. The van der Waals surface area contributed by atoms with Crippen molar-refractivity contribution < 1.29 is 4.74 Å². The highest BCUT2D eigenvalue weighted by Crippen LogP contribution is 2.20. The summed E-state index contributed by atoms with van der Waals surface area (Å²) in [5.74, 6) is 1.70. The van der Waals surface area contributed by atoms with E-state index < -0.39 is 0 Å². The van der Waals surface area contributed by atoms with Crippen LogP contribution in [-0.4, -0.2) is 4.98 Å². The van der Waals surface area contributed by atoms with E-state index in [0.29, 0.717) is 6.61 Å². The van der Waals surface area contributed by atoms with Gasteiger partial charge in [-0.05, 0) is 54.4 Å². The van der Waals surface area contributed by atoms with Gasteiger partial charge in [0.2, 0.25) is 0 Å². The van der Waals surface area contributed by atoms with E-state index in [9.17, 15) is 0 Å². The van der Waals surface area contributed by atoms with Gasteiger partial charge in [-0.2, -0.15) is 0 Å². The molecule has 3 heteroatoms. The molecule has 110 valence electrons. The maximum Gasteiger partial charge on any atom is 0.130 e. The van der Waals surface area contributed by atoms with Crippen LogP contribution in [0.4, 0.5) is 11.5 Å². The van der Waals surface area contributed by atoms with Crippen molar-refractivity contribution in [1.82, 2.24) is 4.98 Å². The van der Waals surface area contributed by atoms with Gasteiger partial charge in [-0.15, -0.1) is 0 Å². The average Bonchev–Trinajstić information content (AvgIpc) is 2.55. The van der Waals surface area contributed by atoms with E-state index in [1.807, 2.05) is 61.5 Å². The molecular formula is C19H18N2O. The second kappa shape index (κ2) is 6.76. The van der Waals surface area contributed by atoms with Gasteiger partial charge in [0.15, 0.2) is 0 Å². The maximum absolute atomic E-state index is 5.77. The minimum absolute atomic E-state index is 0.576. The van der Waals surface area contributed by atoms with E-state index in [1.54, 1.807) is 6.20 Å². The van der Waals surface area contributed by atoms with Crippen molar-refractivity contribution in [2.45, 2.75) is 13.5 Å². The molecule has 2 aromatic carbocycles. The molecule has 1 aromatic heterocycles. The van der Waals surface area contributed by atoms with Crippen LogP contribution in [0.15, 0.2) is 72.9 Å². The lowest BCUT2D eigenvalue weighted by atomic mass is 10.2. The Hall–Kier alpha value is -2.81. The SMILES string of the molecule is Cc1ccnc(Nc2ccc(OCc3ccccc3)cc2)c1. The second-order valence-electron chi connectivity index (χ2n) is 5.14. The molecule has 3 nitrogen and oxygen atoms in total. The highest BCUT2D eigenvalue weighted by atomic mass is 16.5. The maximum atomic E-state index is 5.77. The molecule has 0 amide bonds. The minimum atomic E-state index is 0.576. The number of aryl methyl sites for hydroxylation is 1. The molecular weight excluding hydrogens is 272 g/mol. The van der Waals surface area contributed by atoms with Crippen molar-refractivity contribution in [3.63, 3.8) is 0 Å². The summed E-state index contributed by atoms with van der Waals surface area (Å²) in [7, 11) is 0. The average molecular weight is 290 g/mol. The number of rotatable bonds is 5.